The van der Waals surface area contributed by atoms with Crippen LogP contribution in [0.3, 0.4) is 0 Å². The molecule has 5 heteroatoms. The second-order valence-corrected chi connectivity index (χ2v) is 6.79. The molecule has 0 spiro atoms. The summed E-state index contributed by atoms with van der Waals surface area (Å²) >= 11 is 0. The zero-order valence-electron chi connectivity index (χ0n) is 12.1. The van der Waals surface area contributed by atoms with E-state index in [1.54, 1.807) is 42.5 Å². The van der Waals surface area contributed by atoms with Crippen molar-refractivity contribution in [1.29, 1.82) is 0 Å². The molecule has 1 atom stereocenters. The summed E-state index contributed by atoms with van der Waals surface area (Å²) in [6.07, 6.45) is -0.868. The molecule has 112 valence electrons. The van der Waals surface area contributed by atoms with Crippen LogP contribution in [-0.2, 0) is 10.0 Å². The van der Waals surface area contributed by atoms with Gasteiger partial charge < -0.3 is 5.11 Å². The summed E-state index contributed by atoms with van der Waals surface area (Å²) in [7, 11) is -3.61. The van der Waals surface area contributed by atoms with Crippen LogP contribution < -0.4 is 4.72 Å². The fraction of sp³-hybridized carbons (Fsp3) is 0.250. The molecule has 0 saturated heterocycles. The molecule has 0 saturated carbocycles. The van der Waals surface area contributed by atoms with Gasteiger partial charge in [0.05, 0.1) is 11.0 Å². The topological polar surface area (TPSA) is 66.4 Å². The molecular formula is C16H19NO3S. The summed E-state index contributed by atoms with van der Waals surface area (Å²) in [4.78, 5) is 0.214. The number of hydrogen-bond donors (Lipinski definition) is 2. The highest BCUT2D eigenvalue weighted by atomic mass is 32.2. The third-order valence-corrected chi connectivity index (χ3v) is 4.86. The minimum atomic E-state index is -3.61. The summed E-state index contributed by atoms with van der Waals surface area (Å²) in [5, 5.41) is 10.0. The lowest BCUT2D eigenvalue weighted by molar-refractivity contribution is 0.182. The Bertz CT molecular complexity index is 712. The van der Waals surface area contributed by atoms with Crippen molar-refractivity contribution in [2.75, 3.05) is 6.54 Å². The van der Waals surface area contributed by atoms with Crippen LogP contribution in [0.2, 0.25) is 0 Å². The minimum Gasteiger partial charge on any atom is -0.387 e. The lowest BCUT2D eigenvalue weighted by Crippen LogP contribution is -2.28. The Morgan fingerprint density at radius 2 is 1.71 bits per heavy atom. The van der Waals surface area contributed by atoms with Crippen molar-refractivity contribution < 1.29 is 13.5 Å². The molecule has 1 unspecified atom stereocenters. The highest BCUT2D eigenvalue weighted by molar-refractivity contribution is 7.89. The van der Waals surface area contributed by atoms with Gasteiger partial charge in [-0.15, -0.1) is 0 Å². The fourth-order valence-electron chi connectivity index (χ4n) is 1.95. The van der Waals surface area contributed by atoms with Gasteiger partial charge in [0, 0.05) is 6.54 Å². The minimum absolute atomic E-state index is 0.0563. The zero-order valence-corrected chi connectivity index (χ0v) is 12.9. The van der Waals surface area contributed by atoms with E-state index in [2.05, 4.69) is 4.72 Å². The molecule has 0 amide bonds. The first-order valence-electron chi connectivity index (χ1n) is 6.70. The van der Waals surface area contributed by atoms with E-state index in [1.165, 1.54) is 0 Å². The first kappa shape index (κ1) is 15.7. The number of aryl methyl sites for hydroxylation is 2. The van der Waals surface area contributed by atoms with Gasteiger partial charge in [0.1, 0.15) is 0 Å². The number of aliphatic hydroxyl groups excluding tert-OH is 1. The van der Waals surface area contributed by atoms with E-state index in [0.717, 1.165) is 11.1 Å². The Labute approximate surface area is 125 Å². The largest absolute Gasteiger partial charge is 0.387 e. The Balaban J connectivity index is 2.09. The van der Waals surface area contributed by atoms with Crippen molar-refractivity contribution >= 4 is 10.0 Å². The van der Waals surface area contributed by atoms with E-state index in [1.807, 2.05) is 19.9 Å². The Morgan fingerprint density at radius 3 is 2.33 bits per heavy atom. The van der Waals surface area contributed by atoms with Crippen LogP contribution >= 0.6 is 0 Å². The smallest absolute Gasteiger partial charge is 0.240 e. The van der Waals surface area contributed by atoms with E-state index >= 15 is 0 Å². The van der Waals surface area contributed by atoms with Crippen LogP contribution in [0.5, 0.6) is 0 Å². The molecule has 0 aliphatic rings. The van der Waals surface area contributed by atoms with Crippen molar-refractivity contribution in [2.45, 2.75) is 24.8 Å². The number of rotatable bonds is 5. The van der Waals surface area contributed by atoms with Crippen LogP contribution in [0.1, 0.15) is 22.8 Å². The zero-order chi connectivity index (χ0) is 15.5. The number of sulfonamides is 1. The molecule has 0 radical (unpaired) electrons. The second kappa shape index (κ2) is 6.39. The van der Waals surface area contributed by atoms with Crippen molar-refractivity contribution in [2.24, 2.45) is 0 Å². The SMILES string of the molecule is Cc1ccc(S(=O)(=O)NCC(O)c2ccccc2)cc1C. The maximum absolute atomic E-state index is 12.2. The van der Waals surface area contributed by atoms with Crippen molar-refractivity contribution in [3.63, 3.8) is 0 Å². The molecule has 0 aromatic heterocycles. The monoisotopic (exact) mass is 305 g/mol. The van der Waals surface area contributed by atoms with E-state index in [-0.39, 0.29) is 11.4 Å². The lowest BCUT2D eigenvalue weighted by Gasteiger charge is -2.13. The van der Waals surface area contributed by atoms with Gasteiger partial charge in [-0.05, 0) is 42.7 Å². The van der Waals surface area contributed by atoms with Gasteiger partial charge in [-0.3, -0.25) is 0 Å². The molecule has 0 aliphatic heterocycles. The van der Waals surface area contributed by atoms with Gasteiger partial charge >= 0.3 is 0 Å². The Kier molecular flexibility index (Phi) is 4.77. The Hall–Kier alpha value is -1.69. The summed E-state index contributed by atoms with van der Waals surface area (Å²) < 4.78 is 26.9. The van der Waals surface area contributed by atoms with Gasteiger partial charge in [0.15, 0.2) is 0 Å². The molecule has 0 aliphatic carbocycles. The molecule has 2 rings (SSSR count). The van der Waals surface area contributed by atoms with Gasteiger partial charge in [-0.2, -0.15) is 0 Å². The molecule has 21 heavy (non-hydrogen) atoms. The van der Waals surface area contributed by atoms with E-state index in [0.29, 0.717) is 5.56 Å². The van der Waals surface area contributed by atoms with Crippen LogP contribution in [0, 0.1) is 13.8 Å². The standard InChI is InChI=1S/C16H19NO3S/c1-12-8-9-15(10-13(12)2)21(19,20)17-11-16(18)14-6-4-3-5-7-14/h3-10,16-18H,11H2,1-2H3. The number of benzene rings is 2. The van der Waals surface area contributed by atoms with Gasteiger partial charge in [-0.1, -0.05) is 36.4 Å². The molecule has 2 aromatic carbocycles. The predicted molar refractivity (Wildman–Crippen MR) is 82.5 cm³/mol. The first-order chi connectivity index (χ1) is 9.90. The third-order valence-electron chi connectivity index (χ3n) is 3.44. The van der Waals surface area contributed by atoms with Crippen LogP contribution in [0.25, 0.3) is 0 Å². The van der Waals surface area contributed by atoms with E-state index in [4.69, 9.17) is 0 Å². The molecule has 4 nitrogen and oxygen atoms in total. The van der Waals surface area contributed by atoms with Gasteiger partial charge in [0.25, 0.3) is 0 Å². The van der Waals surface area contributed by atoms with Crippen LogP contribution in [0.15, 0.2) is 53.4 Å². The van der Waals surface area contributed by atoms with Crippen LogP contribution in [0.4, 0.5) is 0 Å². The number of aliphatic hydroxyl groups is 1. The third kappa shape index (κ3) is 3.91. The Morgan fingerprint density at radius 1 is 1.05 bits per heavy atom. The predicted octanol–water partition coefficient (Wildman–Crippen LogP) is 2.32. The van der Waals surface area contributed by atoms with E-state index < -0.39 is 16.1 Å². The van der Waals surface area contributed by atoms with Crippen molar-refractivity contribution in [3.8, 4) is 0 Å². The quantitative estimate of drug-likeness (QED) is 0.891. The normalized spacial score (nSPS) is 13.1. The molecule has 0 bridgehead atoms. The molecule has 2 N–H and O–H groups in total. The second-order valence-electron chi connectivity index (χ2n) is 5.02. The lowest BCUT2D eigenvalue weighted by atomic mass is 10.1. The summed E-state index contributed by atoms with van der Waals surface area (Å²) in [5.74, 6) is 0. The van der Waals surface area contributed by atoms with E-state index in [9.17, 15) is 13.5 Å². The van der Waals surface area contributed by atoms with Crippen molar-refractivity contribution in [3.05, 3.63) is 65.2 Å². The molecule has 0 heterocycles. The average Bonchev–Trinajstić information content (AvgIpc) is 2.48. The maximum atomic E-state index is 12.2. The van der Waals surface area contributed by atoms with Gasteiger partial charge in [-0.25, -0.2) is 13.1 Å². The van der Waals surface area contributed by atoms with Crippen molar-refractivity contribution in [1.82, 2.24) is 4.72 Å². The fourth-order valence-corrected chi connectivity index (χ4v) is 3.07. The van der Waals surface area contributed by atoms with Gasteiger partial charge in [0.2, 0.25) is 10.0 Å². The summed E-state index contributed by atoms with van der Waals surface area (Å²) in [6.45, 7) is 3.74. The highest BCUT2D eigenvalue weighted by Crippen LogP contribution is 2.16. The van der Waals surface area contributed by atoms with Crippen LogP contribution in [-0.4, -0.2) is 20.1 Å². The molecule has 0 fully saturated rings. The summed E-state index contributed by atoms with van der Waals surface area (Å²) in [6, 6.07) is 13.9. The molecular weight excluding hydrogens is 286 g/mol. The number of nitrogens with one attached hydrogen (secondary N) is 1. The first-order valence-corrected chi connectivity index (χ1v) is 8.18. The molecule has 2 aromatic rings. The maximum Gasteiger partial charge on any atom is 0.240 e. The number of hydrogen-bond acceptors (Lipinski definition) is 3. The average molecular weight is 305 g/mol. The summed E-state index contributed by atoms with van der Waals surface area (Å²) in [5.41, 5.74) is 2.64. The highest BCUT2D eigenvalue weighted by Gasteiger charge is 2.17.